The number of oxazole rings is 1. The molecule has 3 aromatic carbocycles. The number of halogens is 3. The summed E-state index contributed by atoms with van der Waals surface area (Å²) in [4.78, 5) is 17.6. The average molecular weight is 627 g/mol. The van der Waals surface area contributed by atoms with Crippen LogP contribution in [0, 0.1) is 17.5 Å². The van der Waals surface area contributed by atoms with Crippen LogP contribution in [0.1, 0.15) is 36.6 Å². The fourth-order valence-electron chi connectivity index (χ4n) is 5.52. The van der Waals surface area contributed by atoms with E-state index in [-0.39, 0.29) is 40.9 Å². The number of carboxylic acid groups (broad SMARTS) is 1. The zero-order valence-electron chi connectivity index (χ0n) is 23.4. The lowest BCUT2D eigenvalue weighted by atomic mass is 9.74. The van der Waals surface area contributed by atoms with Crippen molar-refractivity contribution in [1.29, 1.82) is 0 Å². The minimum Gasteiger partial charge on any atom is -0.493 e. The molecule has 1 atom stereocenters. The summed E-state index contributed by atoms with van der Waals surface area (Å²) >= 11 is 0. The maximum absolute atomic E-state index is 15.1. The molecule has 44 heavy (non-hydrogen) atoms. The molecule has 0 aliphatic carbocycles. The Morgan fingerprint density at radius 3 is 2.70 bits per heavy atom. The number of ether oxygens (including phenoxy) is 2. The molecular weight excluding hydrogens is 601 g/mol. The highest BCUT2D eigenvalue weighted by Crippen LogP contribution is 2.46. The molecule has 0 bridgehead atoms. The van der Waals surface area contributed by atoms with E-state index in [1.54, 1.807) is 6.07 Å². The molecule has 0 spiro atoms. The van der Waals surface area contributed by atoms with Gasteiger partial charge in [-0.05, 0) is 49.6 Å². The van der Waals surface area contributed by atoms with E-state index in [9.17, 15) is 17.6 Å². The molecule has 0 saturated carbocycles. The number of para-hydroxylation sites is 1. The Bertz CT molecular complexity index is 2050. The number of H-pyrrole nitrogens is 1. The Labute approximate surface area is 249 Å². The third kappa shape index (κ3) is 4.96. The van der Waals surface area contributed by atoms with Crippen LogP contribution in [0.3, 0.4) is 0 Å². The largest absolute Gasteiger partial charge is 0.493 e. The van der Waals surface area contributed by atoms with Crippen molar-refractivity contribution < 1.29 is 45.4 Å². The van der Waals surface area contributed by atoms with Gasteiger partial charge in [-0.2, -0.15) is 4.39 Å². The van der Waals surface area contributed by atoms with Crippen molar-refractivity contribution in [3.05, 3.63) is 89.2 Å². The minimum atomic E-state index is -4.11. The van der Waals surface area contributed by atoms with E-state index in [0.29, 0.717) is 24.5 Å². The van der Waals surface area contributed by atoms with Gasteiger partial charge < -0.3 is 24.0 Å². The number of hydrogen-bond acceptors (Lipinski definition) is 7. The highest BCUT2D eigenvalue weighted by atomic mass is 32.2. The molecule has 0 saturated heterocycles. The number of carbonyl (C=O) groups is 1. The number of nitrogens with one attached hydrogen (secondary N) is 1. The summed E-state index contributed by atoms with van der Waals surface area (Å²) in [6.07, 6.45) is 4.21. The zero-order chi connectivity index (χ0) is 31.4. The summed E-state index contributed by atoms with van der Waals surface area (Å²) in [5.41, 5.74) is 0.753. The van der Waals surface area contributed by atoms with Gasteiger partial charge in [-0.25, -0.2) is 22.2 Å². The molecule has 0 unspecified atom stereocenters. The van der Waals surface area contributed by atoms with E-state index in [0.717, 1.165) is 35.6 Å². The number of nitrogens with zero attached hydrogens (tertiary/aromatic N) is 1. The SMILES string of the molecule is C[C@@]1(c2coc(-c3cc(Oc4c(F)c(F)c5[nH]ccc5c4S(C)(=O)=O)ccc3F)n2)CCOc2c(CCC(=O)O)cccc21. The average Bonchev–Trinajstić information content (AvgIpc) is 3.66. The van der Waals surface area contributed by atoms with Crippen LogP contribution in [-0.4, -0.2) is 42.3 Å². The Morgan fingerprint density at radius 2 is 1.95 bits per heavy atom. The Balaban J connectivity index is 1.38. The van der Waals surface area contributed by atoms with Gasteiger partial charge in [0.05, 0.1) is 23.4 Å². The van der Waals surface area contributed by atoms with Crippen LogP contribution >= 0.6 is 0 Å². The van der Waals surface area contributed by atoms with Crippen molar-refractivity contribution >= 4 is 26.7 Å². The van der Waals surface area contributed by atoms with E-state index in [4.69, 9.17) is 19.0 Å². The molecule has 228 valence electrons. The monoisotopic (exact) mass is 626 g/mol. The first kappa shape index (κ1) is 29.3. The van der Waals surface area contributed by atoms with Gasteiger partial charge in [0.2, 0.25) is 11.7 Å². The van der Waals surface area contributed by atoms with Crippen LogP contribution < -0.4 is 9.47 Å². The molecule has 9 nitrogen and oxygen atoms in total. The zero-order valence-corrected chi connectivity index (χ0v) is 24.2. The number of aromatic nitrogens is 2. The predicted molar refractivity (Wildman–Crippen MR) is 152 cm³/mol. The van der Waals surface area contributed by atoms with Crippen LogP contribution in [0.25, 0.3) is 22.4 Å². The molecular formula is C31H25F3N2O7S. The molecule has 2 N–H and O–H groups in total. The van der Waals surface area contributed by atoms with E-state index in [2.05, 4.69) is 9.97 Å². The van der Waals surface area contributed by atoms with Gasteiger partial charge in [0.15, 0.2) is 21.4 Å². The number of fused-ring (bicyclic) bond motifs is 2. The minimum absolute atomic E-state index is 0.0659. The van der Waals surface area contributed by atoms with Crippen LogP contribution in [0.15, 0.2) is 64.2 Å². The molecule has 1 aliphatic rings. The van der Waals surface area contributed by atoms with Gasteiger partial charge in [0.1, 0.15) is 28.5 Å². The van der Waals surface area contributed by atoms with Gasteiger partial charge in [-0.15, -0.1) is 0 Å². The van der Waals surface area contributed by atoms with Gasteiger partial charge in [-0.1, -0.05) is 18.2 Å². The van der Waals surface area contributed by atoms with Gasteiger partial charge >= 0.3 is 5.97 Å². The van der Waals surface area contributed by atoms with Crippen molar-refractivity contribution in [2.45, 2.75) is 36.5 Å². The van der Waals surface area contributed by atoms with E-state index >= 15 is 8.78 Å². The maximum Gasteiger partial charge on any atom is 0.303 e. The van der Waals surface area contributed by atoms with E-state index < -0.39 is 49.3 Å². The van der Waals surface area contributed by atoms with Crippen LogP contribution in [0.2, 0.25) is 0 Å². The molecule has 13 heteroatoms. The molecule has 0 radical (unpaired) electrons. The van der Waals surface area contributed by atoms with Gasteiger partial charge in [0.25, 0.3) is 0 Å². The lowest BCUT2D eigenvalue weighted by Crippen LogP contribution is -2.32. The van der Waals surface area contributed by atoms with E-state index in [1.807, 2.05) is 19.1 Å². The molecule has 6 rings (SSSR count). The van der Waals surface area contributed by atoms with E-state index in [1.165, 1.54) is 18.5 Å². The number of aliphatic carboxylic acids is 1. The second kappa shape index (κ2) is 10.7. The number of aryl methyl sites for hydroxylation is 1. The molecule has 2 aromatic heterocycles. The number of rotatable bonds is 8. The summed E-state index contributed by atoms with van der Waals surface area (Å²) in [6.45, 7) is 2.25. The fraction of sp³-hybridized carbons (Fsp3) is 0.226. The fourth-order valence-corrected chi connectivity index (χ4v) is 6.56. The maximum atomic E-state index is 15.1. The summed E-state index contributed by atoms with van der Waals surface area (Å²) < 4.78 is 87.5. The second-order valence-electron chi connectivity index (χ2n) is 10.7. The highest BCUT2D eigenvalue weighted by Gasteiger charge is 2.39. The number of aromatic amines is 1. The third-order valence-corrected chi connectivity index (χ3v) is 8.93. The molecule has 5 aromatic rings. The van der Waals surface area contributed by atoms with Crippen molar-refractivity contribution in [3.63, 3.8) is 0 Å². The Morgan fingerprint density at radius 1 is 1.16 bits per heavy atom. The van der Waals surface area contributed by atoms with Crippen LogP contribution in [-0.2, 0) is 26.5 Å². The third-order valence-electron chi connectivity index (χ3n) is 7.79. The lowest BCUT2D eigenvalue weighted by Gasteiger charge is -2.35. The van der Waals surface area contributed by atoms with Crippen LogP contribution in [0.5, 0.6) is 17.2 Å². The van der Waals surface area contributed by atoms with Crippen LogP contribution in [0.4, 0.5) is 13.2 Å². The first-order chi connectivity index (χ1) is 20.9. The lowest BCUT2D eigenvalue weighted by molar-refractivity contribution is -0.136. The number of sulfone groups is 1. The molecule has 0 amide bonds. The first-order valence-electron chi connectivity index (χ1n) is 13.5. The van der Waals surface area contributed by atoms with Gasteiger partial charge in [0, 0.05) is 35.2 Å². The van der Waals surface area contributed by atoms with Crippen molar-refractivity contribution in [2.24, 2.45) is 0 Å². The quantitative estimate of drug-likeness (QED) is 0.186. The number of benzene rings is 3. The number of hydrogen-bond donors (Lipinski definition) is 2. The first-order valence-corrected chi connectivity index (χ1v) is 15.4. The Hall–Kier alpha value is -4.78. The second-order valence-corrected chi connectivity index (χ2v) is 12.7. The summed E-state index contributed by atoms with van der Waals surface area (Å²) in [5, 5.41) is 9.04. The summed E-state index contributed by atoms with van der Waals surface area (Å²) in [7, 11) is -4.11. The highest BCUT2D eigenvalue weighted by molar-refractivity contribution is 7.91. The molecule has 1 aliphatic heterocycles. The smallest absolute Gasteiger partial charge is 0.303 e. The summed E-state index contributed by atoms with van der Waals surface area (Å²) in [5.74, 6) is -5.16. The number of carboxylic acids is 1. The topological polar surface area (TPSA) is 132 Å². The Kier molecular flexibility index (Phi) is 7.15. The molecule has 0 fully saturated rings. The molecule has 3 heterocycles. The van der Waals surface area contributed by atoms with Crippen molar-refractivity contribution in [1.82, 2.24) is 9.97 Å². The normalized spacial score (nSPS) is 16.5. The van der Waals surface area contributed by atoms with Gasteiger partial charge in [-0.3, -0.25) is 4.79 Å². The predicted octanol–water partition coefficient (Wildman–Crippen LogP) is 6.54. The van der Waals surface area contributed by atoms with Crippen molar-refractivity contribution in [2.75, 3.05) is 12.9 Å². The standard InChI is InChI=1S/C31H25F3N2O7S/c1-31(11-13-41-27-16(6-9-23(37)38)4-3-5-20(27)31)22-15-42-30(36-22)19-14-17(7-8-21(19)32)43-28-25(34)24(33)26-18(10-12-35-26)29(28)44(2,39)40/h3-5,7-8,10,12,14-15,35H,6,9,11,13H2,1-2H3,(H,37,38)/t31-/m1/s1. The van der Waals surface area contributed by atoms with Crippen molar-refractivity contribution in [3.8, 4) is 28.7 Å². The summed E-state index contributed by atoms with van der Waals surface area (Å²) in [6, 6.07) is 10.1.